The summed E-state index contributed by atoms with van der Waals surface area (Å²) in [5, 5.41) is 22.6. The van der Waals surface area contributed by atoms with Crippen molar-refractivity contribution in [2.75, 3.05) is 0 Å². The van der Waals surface area contributed by atoms with E-state index in [0.29, 0.717) is 24.2 Å². The summed E-state index contributed by atoms with van der Waals surface area (Å²) in [7, 11) is 0. The quantitative estimate of drug-likeness (QED) is 0.672. The maximum Gasteiger partial charge on any atom is 0.237 e. The fraction of sp³-hybridized carbons (Fsp3) is 0.800. The molecule has 3 unspecified atom stereocenters. The normalized spacial score (nSPS) is 50.5. The Morgan fingerprint density at radius 3 is 2.83 bits per heavy atom. The summed E-state index contributed by atoms with van der Waals surface area (Å²) >= 11 is 0. The van der Waals surface area contributed by atoms with Crippen molar-refractivity contribution in [1.29, 1.82) is 5.26 Å². The number of carbonyl (C=O) groups is 1. The monoisotopic (exact) mass is 328 g/mol. The van der Waals surface area contributed by atoms with E-state index in [2.05, 4.69) is 31.3 Å². The maximum atomic E-state index is 12.2. The first-order valence-corrected chi connectivity index (χ1v) is 9.46. The average molecular weight is 328 g/mol. The van der Waals surface area contributed by atoms with Crippen molar-refractivity contribution in [3.63, 3.8) is 0 Å². The molecule has 130 valence electrons. The van der Waals surface area contributed by atoms with Crippen molar-refractivity contribution in [2.24, 2.45) is 29.1 Å². The van der Waals surface area contributed by atoms with E-state index in [0.717, 1.165) is 38.5 Å². The number of allylic oxidation sites excluding steroid dienone is 1. The summed E-state index contributed by atoms with van der Waals surface area (Å²) in [6.45, 7) is 4.58. The van der Waals surface area contributed by atoms with E-state index < -0.39 is 5.92 Å². The highest BCUT2D eigenvalue weighted by molar-refractivity contribution is 5.82. The predicted octanol–water partition coefficient (Wildman–Crippen LogP) is 2.93. The lowest BCUT2D eigenvalue weighted by atomic mass is 9.47. The molecule has 1 amide bonds. The Balaban J connectivity index is 1.67. The average Bonchev–Trinajstić information content (AvgIpc) is 2.54. The van der Waals surface area contributed by atoms with Crippen LogP contribution < -0.4 is 5.32 Å². The van der Waals surface area contributed by atoms with Crippen LogP contribution in [0.4, 0.5) is 0 Å². The standard InChI is InChI=1S/C20H28N2O2/c1-19-7-5-14(23)10-13(19)3-4-15-16(19)6-8-20(2)17(15)9-12(11-21)18(24)22-20/h3,12,14-17,23H,4-10H2,1-2H3,(H,22,24)/t12?,14-,15+,16?,17?,19-,20-/m0/s1. The molecule has 3 fully saturated rings. The van der Waals surface area contributed by atoms with Crippen LogP contribution in [0.15, 0.2) is 11.6 Å². The number of fused-ring (bicyclic) bond motifs is 5. The molecule has 3 aliphatic carbocycles. The molecule has 4 aliphatic rings. The zero-order valence-electron chi connectivity index (χ0n) is 14.7. The molecule has 4 heteroatoms. The Morgan fingerprint density at radius 2 is 2.08 bits per heavy atom. The molecule has 0 aromatic heterocycles. The summed E-state index contributed by atoms with van der Waals surface area (Å²) in [6.07, 6.45) is 8.90. The molecule has 0 aromatic carbocycles. The molecule has 1 saturated heterocycles. The highest BCUT2D eigenvalue weighted by Crippen LogP contribution is 2.60. The predicted molar refractivity (Wildman–Crippen MR) is 90.6 cm³/mol. The Bertz CT molecular complexity index is 636. The van der Waals surface area contributed by atoms with E-state index in [1.165, 1.54) is 5.57 Å². The number of aliphatic hydroxyl groups excluding tert-OH is 1. The van der Waals surface area contributed by atoms with Gasteiger partial charge in [0.1, 0.15) is 5.92 Å². The number of nitrogens with zero attached hydrogens (tertiary/aromatic N) is 1. The van der Waals surface area contributed by atoms with Crippen LogP contribution in [0.2, 0.25) is 0 Å². The van der Waals surface area contributed by atoms with Crippen molar-refractivity contribution in [1.82, 2.24) is 5.32 Å². The van der Waals surface area contributed by atoms with Crippen LogP contribution in [0.5, 0.6) is 0 Å². The Labute approximate surface area is 144 Å². The van der Waals surface area contributed by atoms with Gasteiger partial charge in [-0.2, -0.15) is 5.26 Å². The van der Waals surface area contributed by atoms with E-state index in [9.17, 15) is 15.2 Å². The second-order valence-corrected chi connectivity index (χ2v) is 9.02. The molecule has 2 N–H and O–H groups in total. The molecule has 0 spiro atoms. The number of hydrogen-bond donors (Lipinski definition) is 2. The van der Waals surface area contributed by atoms with E-state index in [1.807, 2.05) is 0 Å². The van der Waals surface area contributed by atoms with Gasteiger partial charge >= 0.3 is 0 Å². The molecular formula is C20H28N2O2. The lowest BCUT2D eigenvalue weighted by molar-refractivity contribution is -0.135. The molecule has 1 aliphatic heterocycles. The summed E-state index contributed by atoms with van der Waals surface area (Å²) in [5.41, 5.74) is 1.51. The largest absolute Gasteiger partial charge is 0.393 e. The highest BCUT2D eigenvalue weighted by atomic mass is 16.3. The number of rotatable bonds is 0. The first kappa shape index (κ1) is 16.1. The second kappa shape index (κ2) is 5.33. The van der Waals surface area contributed by atoms with Crippen LogP contribution in [0, 0.1) is 40.4 Å². The number of nitriles is 1. The molecule has 4 rings (SSSR count). The molecule has 0 radical (unpaired) electrons. The molecule has 0 bridgehead atoms. The Morgan fingerprint density at radius 1 is 1.29 bits per heavy atom. The summed E-state index contributed by atoms with van der Waals surface area (Å²) in [6, 6.07) is 2.21. The number of carbonyl (C=O) groups excluding carboxylic acids is 1. The lowest BCUT2D eigenvalue weighted by Gasteiger charge is -2.60. The number of amides is 1. The molecule has 4 nitrogen and oxygen atoms in total. The SMILES string of the molecule is C[C@]12CC[C@H](O)CC1=CC[C@@H]1C2CC[C@]2(C)NC(=O)C(C#N)CC12. The van der Waals surface area contributed by atoms with Gasteiger partial charge in [0, 0.05) is 5.54 Å². The van der Waals surface area contributed by atoms with Gasteiger partial charge in [0.25, 0.3) is 0 Å². The maximum absolute atomic E-state index is 12.2. The molecule has 0 aromatic rings. The van der Waals surface area contributed by atoms with Gasteiger partial charge in [-0.1, -0.05) is 18.6 Å². The summed E-state index contributed by atoms with van der Waals surface area (Å²) in [5.74, 6) is 0.989. The highest BCUT2D eigenvalue weighted by Gasteiger charge is 2.57. The number of aliphatic hydroxyl groups is 1. The Hall–Kier alpha value is -1.34. The van der Waals surface area contributed by atoms with Gasteiger partial charge in [0.05, 0.1) is 12.2 Å². The third-order valence-electron chi connectivity index (χ3n) is 7.84. The van der Waals surface area contributed by atoms with E-state index >= 15 is 0 Å². The number of nitrogens with one attached hydrogen (secondary N) is 1. The van der Waals surface area contributed by atoms with Crippen molar-refractivity contribution in [3.8, 4) is 6.07 Å². The van der Waals surface area contributed by atoms with E-state index in [-0.39, 0.29) is 23.0 Å². The fourth-order valence-corrected chi connectivity index (χ4v) is 6.39. The van der Waals surface area contributed by atoms with E-state index in [4.69, 9.17) is 0 Å². The summed E-state index contributed by atoms with van der Waals surface area (Å²) in [4.78, 5) is 12.2. The van der Waals surface area contributed by atoms with E-state index in [1.54, 1.807) is 0 Å². The molecule has 7 atom stereocenters. The third kappa shape index (κ3) is 2.17. The molecule has 2 saturated carbocycles. The van der Waals surface area contributed by atoms with Gasteiger partial charge < -0.3 is 10.4 Å². The van der Waals surface area contributed by atoms with Crippen LogP contribution >= 0.6 is 0 Å². The first-order valence-electron chi connectivity index (χ1n) is 9.46. The Kier molecular flexibility index (Phi) is 3.58. The number of piperidine rings is 1. The van der Waals surface area contributed by atoms with Gasteiger partial charge in [-0.15, -0.1) is 0 Å². The lowest BCUT2D eigenvalue weighted by Crippen LogP contribution is -2.64. The van der Waals surface area contributed by atoms with Crippen molar-refractivity contribution in [3.05, 3.63) is 11.6 Å². The van der Waals surface area contributed by atoms with Crippen LogP contribution in [-0.2, 0) is 4.79 Å². The van der Waals surface area contributed by atoms with Crippen molar-refractivity contribution < 1.29 is 9.90 Å². The van der Waals surface area contributed by atoms with Crippen LogP contribution in [0.1, 0.15) is 58.8 Å². The zero-order valence-corrected chi connectivity index (χ0v) is 14.7. The zero-order chi connectivity index (χ0) is 17.1. The minimum absolute atomic E-state index is 0.0752. The van der Waals surface area contributed by atoms with Gasteiger partial charge in [0.15, 0.2) is 0 Å². The smallest absolute Gasteiger partial charge is 0.237 e. The van der Waals surface area contributed by atoms with Gasteiger partial charge in [0.2, 0.25) is 5.91 Å². The molecule has 24 heavy (non-hydrogen) atoms. The van der Waals surface area contributed by atoms with Crippen molar-refractivity contribution in [2.45, 2.75) is 70.4 Å². The second-order valence-electron chi connectivity index (χ2n) is 9.02. The van der Waals surface area contributed by atoms with Crippen LogP contribution in [-0.4, -0.2) is 22.7 Å². The summed E-state index contributed by atoms with van der Waals surface area (Å²) < 4.78 is 0. The molecule has 1 heterocycles. The minimum Gasteiger partial charge on any atom is -0.393 e. The van der Waals surface area contributed by atoms with Gasteiger partial charge in [-0.05, 0) is 75.0 Å². The van der Waals surface area contributed by atoms with Gasteiger partial charge in [-0.25, -0.2) is 0 Å². The first-order chi connectivity index (χ1) is 11.4. The molecular weight excluding hydrogens is 300 g/mol. The topological polar surface area (TPSA) is 73.1 Å². The minimum atomic E-state index is -0.492. The van der Waals surface area contributed by atoms with Gasteiger partial charge in [-0.3, -0.25) is 4.79 Å². The van der Waals surface area contributed by atoms with Crippen LogP contribution in [0.25, 0.3) is 0 Å². The van der Waals surface area contributed by atoms with Crippen LogP contribution in [0.3, 0.4) is 0 Å². The fourth-order valence-electron chi connectivity index (χ4n) is 6.39. The van der Waals surface area contributed by atoms with Crippen molar-refractivity contribution >= 4 is 5.91 Å². The number of hydrogen-bond acceptors (Lipinski definition) is 3. The third-order valence-corrected chi connectivity index (χ3v) is 7.84.